The third kappa shape index (κ3) is 2.06. The zero-order valence-electron chi connectivity index (χ0n) is 7.92. The lowest BCUT2D eigenvalue weighted by molar-refractivity contribution is -0.117. The van der Waals surface area contributed by atoms with Crippen LogP contribution in [0, 0.1) is 13.8 Å². The van der Waals surface area contributed by atoms with Gasteiger partial charge in [0.05, 0.1) is 6.04 Å². The number of rotatable bonds is 2. The molecular formula is C8H13N3O2. The maximum Gasteiger partial charge on any atom is 0.241 e. The van der Waals surface area contributed by atoms with E-state index in [4.69, 9.17) is 10.3 Å². The first-order valence-electron chi connectivity index (χ1n) is 4.01. The minimum atomic E-state index is -0.534. The zero-order chi connectivity index (χ0) is 10.0. The first-order valence-corrected chi connectivity index (χ1v) is 4.01. The second-order valence-electron chi connectivity index (χ2n) is 2.98. The van der Waals surface area contributed by atoms with Gasteiger partial charge in [0.2, 0.25) is 5.91 Å². The molecule has 0 bridgehead atoms. The minimum absolute atomic E-state index is 0.241. The fraction of sp³-hybridized carbons (Fsp3) is 0.500. The van der Waals surface area contributed by atoms with Crippen LogP contribution in [0.5, 0.6) is 0 Å². The molecule has 1 atom stereocenters. The first-order chi connectivity index (χ1) is 6.02. The van der Waals surface area contributed by atoms with Crippen LogP contribution in [0.1, 0.15) is 18.4 Å². The highest BCUT2D eigenvalue weighted by molar-refractivity contribution is 5.95. The van der Waals surface area contributed by atoms with E-state index in [9.17, 15) is 4.79 Å². The highest BCUT2D eigenvalue weighted by Crippen LogP contribution is 2.18. The molecule has 0 spiro atoms. The van der Waals surface area contributed by atoms with Gasteiger partial charge in [0, 0.05) is 0 Å². The van der Waals surface area contributed by atoms with Crippen LogP contribution < -0.4 is 11.1 Å². The molecular weight excluding hydrogens is 170 g/mol. The summed E-state index contributed by atoms with van der Waals surface area (Å²) in [4.78, 5) is 11.2. The van der Waals surface area contributed by atoms with E-state index in [1.165, 1.54) is 0 Å². The maximum atomic E-state index is 11.2. The largest absolute Gasteiger partial charge is 0.359 e. The number of carbonyl (C=O) groups is 1. The summed E-state index contributed by atoms with van der Waals surface area (Å²) in [5.74, 6) is 0.348. The molecule has 0 radical (unpaired) electrons. The van der Waals surface area contributed by atoms with Crippen molar-refractivity contribution in [1.29, 1.82) is 0 Å². The van der Waals surface area contributed by atoms with Crippen LogP contribution in [0.2, 0.25) is 0 Å². The molecule has 5 nitrogen and oxygen atoms in total. The van der Waals surface area contributed by atoms with Gasteiger partial charge in [-0.1, -0.05) is 5.16 Å². The molecule has 1 aromatic rings. The van der Waals surface area contributed by atoms with Gasteiger partial charge in [-0.05, 0) is 20.8 Å². The monoisotopic (exact) mass is 183 g/mol. The van der Waals surface area contributed by atoms with Crippen LogP contribution in [-0.4, -0.2) is 17.1 Å². The number of hydrogen-bond donors (Lipinski definition) is 2. The third-order valence-corrected chi connectivity index (χ3v) is 1.70. The van der Waals surface area contributed by atoms with Gasteiger partial charge in [-0.15, -0.1) is 0 Å². The average Bonchev–Trinajstić information content (AvgIpc) is 2.35. The summed E-state index contributed by atoms with van der Waals surface area (Å²) in [5.41, 5.74) is 6.66. The number of hydrogen-bond acceptors (Lipinski definition) is 4. The van der Waals surface area contributed by atoms with Gasteiger partial charge in [0.1, 0.15) is 11.4 Å². The van der Waals surface area contributed by atoms with Crippen molar-refractivity contribution in [3.05, 3.63) is 11.5 Å². The predicted octanol–water partition coefficient (Wildman–Crippen LogP) is 0.577. The van der Waals surface area contributed by atoms with Gasteiger partial charge < -0.3 is 15.6 Å². The smallest absolute Gasteiger partial charge is 0.241 e. The number of aromatic nitrogens is 1. The lowest BCUT2D eigenvalue weighted by Gasteiger charge is -2.05. The fourth-order valence-corrected chi connectivity index (χ4v) is 0.898. The van der Waals surface area contributed by atoms with Gasteiger partial charge in [0.25, 0.3) is 0 Å². The normalized spacial score (nSPS) is 12.6. The van der Waals surface area contributed by atoms with Crippen LogP contribution in [0.15, 0.2) is 4.52 Å². The summed E-state index contributed by atoms with van der Waals surface area (Å²) < 4.78 is 4.87. The van der Waals surface area contributed by atoms with Gasteiger partial charge in [-0.3, -0.25) is 4.79 Å². The number of carbonyl (C=O) groups excluding carboxylic acids is 1. The quantitative estimate of drug-likeness (QED) is 0.702. The number of anilines is 1. The number of nitrogens with one attached hydrogen (secondary N) is 1. The van der Waals surface area contributed by atoms with E-state index in [2.05, 4.69) is 10.5 Å². The Morgan fingerprint density at radius 2 is 2.23 bits per heavy atom. The highest BCUT2D eigenvalue weighted by Gasteiger charge is 2.14. The lowest BCUT2D eigenvalue weighted by atomic mass is 10.3. The summed E-state index contributed by atoms with van der Waals surface area (Å²) in [6, 6.07) is -0.534. The SMILES string of the molecule is Cc1noc(C)c1NC(=O)C(C)N. The second kappa shape index (κ2) is 3.57. The molecule has 1 amide bonds. The summed E-state index contributed by atoms with van der Waals surface area (Å²) in [6.45, 7) is 5.11. The van der Waals surface area contributed by atoms with Gasteiger partial charge in [-0.2, -0.15) is 0 Å². The van der Waals surface area contributed by atoms with Crippen molar-refractivity contribution < 1.29 is 9.32 Å². The standard InChI is InChI=1S/C8H13N3O2/c1-4(9)8(12)10-7-5(2)11-13-6(7)3/h4H,9H2,1-3H3,(H,10,12). The summed E-state index contributed by atoms with van der Waals surface area (Å²) >= 11 is 0. The Labute approximate surface area is 76.3 Å². The van der Waals surface area contributed by atoms with Gasteiger partial charge in [0.15, 0.2) is 5.76 Å². The molecule has 0 aliphatic rings. The Morgan fingerprint density at radius 1 is 1.62 bits per heavy atom. The third-order valence-electron chi connectivity index (χ3n) is 1.70. The molecule has 0 aliphatic heterocycles. The average molecular weight is 183 g/mol. The van der Waals surface area contributed by atoms with E-state index in [0.717, 1.165) is 0 Å². The molecule has 13 heavy (non-hydrogen) atoms. The predicted molar refractivity (Wildman–Crippen MR) is 48.3 cm³/mol. The molecule has 1 aromatic heterocycles. The summed E-state index contributed by atoms with van der Waals surface area (Å²) in [5, 5.41) is 6.34. The van der Waals surface area contributed by atoms with E-state index in [1.807, 2.05) is 0 Å². The molecule has 1 rings (SSSR count). The Morgan fingerprint density at radius 3 is 2.62 bits per heavy atom. The van der Waals surface area contributed by atoms with Crippen molar-refractivity contribution in [2.24, 2.45) is 5.73 Å². The molecule has 1 heterocycles. The Hall–Kier alpha value is -1.36. The molecule has 0 fully saturated rings. The molecule has 5 heteroatoms. The van der Waals surface area contributed by atoms with Crippen molar-refractivity contribution in [3.8, 4) is 0 Å². The first kappa shape index (κ1) is 9.73. The number of amides is 1. The fourth-order valence-electron chi connectivity index (χ4n) is 0.898. The molecule has 0 saturated carbocycles. The summed E-state index contributed by atoms with van der Waals surface area (Å²) in [7, 11) is 0. The van der Waals surface area contributed by atoms with Crippen LogP contribution in [0.4, 0.5) is 5.69 Å². The van der Waals surface area contributed by atoms with Crippen molar-refractivity contribution >= 4 is 11.6 Å². The topological polar surface area (TPSA) is 81.2 Å². The molecule has 72 valence electrons. The Kier molecular flexibility index (Phi) is 2.67. The lowest BCUT2D eigenvalue weighted by Crippen LogP contribution is -2.32. The zero-order valence-corrected chi connectivity index (χ0v) is 7.92. The van der Waals surface area contributed by atoms with E-state index >= 15 is 0 Å². The second-order valence-corrected chi connectivity index (χ2v) is 2.98. The van der Waals surface area contributed by atoms with Gasteiger partial charge in [-0.25, -0.2) is 0 Å². The molecule has 0 saturated heterocycles. The summed E-state index contributed by atoms with van der Waals surface area (Å²) in [6.07, 6.45) is 0. The van der Waals surface area contributed by atoms with Crippen molar-refractivity contribution in [1.82, 2.24) is 5.16 Å². The van der Waals surface area contributed by atoms with Crippen LogP contribution in [0.3, 0.4) is 0 Å². The van der Waals surface area contributed by atoms with E-state index in [1.54, 1.807) is 20.8 Å². The van der Waals surface area contributed by atoms with Crippen molar-refractivity contribution in [2.45, 2.75) is 26.8 Å². The number of nitrogens with zero attached hydrogens (tertiary/aromatic N) is 1. The van der Waals surface area contributed by atoms with Crippen LogP contribution >= 0.6 is 0 Å². The van der Waals surface area contributed by atoms with E-state index in [-0.39, 0.29) is 5.91 Å². The van der Waals surface area contributed by atoms with E-state index < -0.39 is 6.04 Å². The van der Waals surface area contributed by atoms with E-state index in [0.29, 0.717) is 17.1 Å². The number of nitrogens with two attached hydrogens (primary N) is 1. The minimum Gasteiger partial charge on any atom is -0.359 e. The number of aryl methyl sites for hydroxylation is 2. The van der Waals surface area contributed by atoms with Crippen LogP contribution in [0.25, 0.3) is 0 Å². The molecule has 1 unspecified atom stereocenters. The molecule has 0 aromatic carbocycles. The highest BCUT2D eigenvalue weighted by atomic mass is 16.5. The Balaban J connectivity index is 2.79. The van der Waals surface area contributed by atoms with Crippen molar-refractivity contribution in [3.63, 3.8) is 0 Å². The molecule has 3 N–H and O–H groups in total. The van der Waals surface area contributed by atoms with Crippen LogP contribution in [-0.2, 0) is 4.79 Å². The Bertz CT molecular complexity index is 298. The van der Waals surface area contributed by atoms with Crippen molar-refractivity contribution in [2.75, 3.05) is 5.32 Å². The maximum absolute atomic E-state index is 11.2. The van der Waals surface area contributed by atoms with Gasteiger partial charge >= 0.3 is 0 Å². The molecule has 0 aliphatic carbocycles.